The third kappa shape index (κ3) is 2.11. The predicted molar refractivity (Wildman–Crippen MR) is 89.6 cm³/mol. The van der Waals surface area contributed by atoms with E-state index in [4.69, 9.17) is 17.0 Å². The third-order valence-corrected chi connectivity index (χ3v) is 5.76. The van der Waals surface area contributed by atoms with Gasteiger partial charge in [0.25, 0.3) is 5.91 Å². The van der Waals surface area contributed by atoms with Gasteiger partial charge in [-0.3, -0.25) is 9.69 Å². The second-order valence-electron chi connectivity index (χ2n) is 5.70. The van der Waals surface area contributed by atoms with Crippen LogP contribution in [0, 0.1) is 0 Å². The van der Waals surface area contributed by atoms with E-state index in [1.165, 1.54) is 23.8 Å². The molecule has 0 N–H and O–H groups in total. The van der Waals surface area contributed by atoms with Crippen molar-refractivity contribution in [2.45, 2.75) is 30.0 Å². The lowest BCUT2D eigenvalue weighted by Gasteiger charge is -2.30. The standard InChI is InChI=1S/C15H16N2O3S2/c1-15(2)10(13(19)20-3)17-12(22-15)11(18)16(14(17)21)9-7-5-4-6-8-9/h4-8,10,12H,1-3H3. The Labute approximate surface area is 138 Å². The Bertz CT molecular complexity index is 647. The van der Waals surface area contributed by atoms with Crippen molar-refractivity contribution in [1.82, 2.24) is 4.90 Å². The highest BCUT2D eigenvalue weighted by atomic mass is 32.2. The number of hydrogen-bond acceptors (Lipinski definition) is 5. The minimum Gasteiger partial charge on any atom is -0.467 e. The maximum atomic E-state index is 12.8. The Morgan fingerprint density at radius 1 is 1.32 bits per heavy atom. The SMILES string of the molecule is COC(=O)C1N2C(=S)N(c3ccccc3)C(=O)C2SC1(C)C. The number of ether oxygens (including phenoxy) is 1. The van der Waals surface area contributed by atoms with Crippen LogP contribution in [0.4, 0.5) is 5.69 Å². The molecule has 0 bridgehead atoms. The van der Waals surface area contributed by atoms with Gasteiger partial charge in [-0.1, -0.05) is 18.2 Å². The number of amides is 1. The van der Waals surface area contributed by atoms with Crippen LogP contribution in [-0.2, 0) is 14.3 Å². The lowest BCUT2D eigenvalue weighted by Crippen LogP contribution is -2.50. The molecule has 1 aromatic rings. The van der Waals surface area contributed by atoms with Gasteiger partial charge in [0, 0.05) is 4.75 Å². The summed E-state index contributed by atoms with van der Waals surface area (Å²) in [7, 11) is 1.35. The van der Waals surface area contributed by atoms with E-state index in [0.717, 1.165) is 0 Å². The normalized spacial score (nSPS) is 26.3. The van der Waals surface area contributed by atoms with E-state index in [9.17, 15) is 9.59 Å². The van der Waals surface area contributed by atoms with Crippen LogP contribution in [0.1, 0.15) is 13.8 Å². The summed E-state index contributed by atoms with van der Waals surface area (Å²) in [5.74, 6) is -0.481. The maximum absolute atomic E-state index is 12.8. The first-order chi connectivity index (χ1) is 10.4. The number of benzene rings is 1. The summed E-state index contributed by atoms with van der Waals surface area (Å²) in [4.78, 5) is 28.2. The van der Waals surface area contributed by atoms with Gasteiger partial charge in [0.15, 0.2) is 10.5 Å². The predicted octanol–water partition coefficient (Wildman–Crippen LogP) is 2.01. The van der Waals surface area contributed by atoms with Crippen molar-refractivity contribution in [3.63, 3.8) is 0 Å². The lowest BCUT2D eigenvalue weighted by atomic mass is 10.0. The summed E-state index contributed by atoms with van der Waals surface area (Å²) in [5.41, 5.74) is 0.717. The lowest BCUT2D eigenvalue weighted by molar-refractivity contribution is -0.145. The molecule has 0 saturated carbocycles. The van der Waals surface area contributed by atoms with Crippen LogP contribution >= 0.6 is 24.0 Å². The van der Waals surface area contributed by atoms with Crippen LogP contribution in [0.5, 0.6) is 0 Å². The van der Waals surface area contributed by atoms with Gasteiger partial charge in [-0.05, 0) is 38.2 Å². The third-order valence-electron chi connectivity index (χ3n) is 3.89. The smallest absolute Gasteiger partial charge is 0.330 e. The first-order valence-electron chi connectivity index (χ1n) is 6.85. The van der Waals surface area contributed by atoms with Crippen LogP contribution in [0.15, 0.2) is 30.3 Å². The van der Waals surface area contributed by atoms with E-state index < -0.39 is 16.2 Å². The van der Waals surface area contributed by atoms with Crippen LogP contribution in [-0.4, -0.2) is 45.2 Å². The van der Waals surface area contributed by atoms with Crippen LogP contribution in [0.3, 0.4) is 0 Å². The van der Waals surface area contributed by atoms with E-state index in [0.29, 0.717) is 10.8 Å². The quantitative estimate of drug-likeness (QED) is 0.608. The molecule has 2 unspecified atom stereocenters. The molecule has 2 aliphatic rings. The molecule has 3 rings (SSSR count). The van der Waals surface area contributed by atoms with Gasteiger partial charge in [0.2, 0.25) is 0 Å². The molecule has 2 aliphatic heterocycles. The van der Waals surface area contributed by atoms with Gasteiger partial charge in [-0.2, -0.15) is 0 Å². The van der Waals surface area contributed by atoms with Crippen LogP contribution in [0.25, 0.3) is 0 Å². The Hall–Kier alpha value is -1.60. The largest absolute Gasteiger partial charge is 0.467 e. The molecular weight excluding hydrogens is 320 g/mol. The number of para-hydroxylation sites is 1. The fourth-order valence-electron chi connectivity index (χ4n) is 2.90. The van der Waals surface area contributed by atoms with Crippen molar-refractivity contribution < 1.29 is 14.3 Å². The van der Waals surface area contributed by atoms with E-state index >= 15 is 0 Å². The van der Waals surface area contributed by atoms with Crippen molar-refractivity contribution in [2.24, 2.45) is 0 Å². The zero-order chi connectivity index (χ0) is 16.1. The van der Waals surface area contributed by atoms with E-state index in [-0.39, 0.29) is 11.9 Å². The van der Waals surface area contributed by atoms with Crippen molar-refractivity contribution in [2.75, 3.05) is 12.0 Å². The van der Waals surface area contributed by atoms with Gasteiger partial charge < -0.3 is 9.64 Å². The van der Waals surface area contributed by atoms with E-state index in [2.05, 4.69) is 0 Å². The maximum Gasteiger partial charge on any atom is 0.330 e. The number of thioether (sulfide) groups is 1. The zero-order valence-electron chi connectivity index (χ0n) is 12.5. The molecule has 7 heteroatoms. The molecule has 2 fully saturated rings. The number of fused-ring (bicyclic) bond motifs is 1. The monoisotopic (exact) mass is 336 g/mol. The summed E-state index contributed by atoms with van der Waals surface area (Å²) in [6.07, 6.45) is 0. The van der Waals surface area contributed by atoms with Crippen LogP contribution < -0.4 is 4.90 Å². The first kappa shape index (κ1) is 15.3. The highest BCUT2D eigenvalue weighted by Crippen LogP contribution is 2.49. The fraction of sp³-hybridized carbons (Fsp3) is 0.400. The number of rotatable bonds is 2. The van der Waals surface area contributed by atoms with Gasteiger partial charge in [0.1, 0.15) is 6.04 Å². The average molecular weight is 336 g/mol. The number of carbonyl (C=O) groups is 2. The summed E-state index contributed by atoms with van der Waals surface area (Å²) in [5, 5.41) is -0.124. The molecule has 0 aliphatic carbocycles. The topological polar surface area (TPSA) is 49.9 Å². The van der Waals surface area contributed by atoms with E-state index in [1.807, 2.05) is 44.2 Å². The Kier molecular flexibility index (Phi) is 3.65. The molecule has 1 amide bonds. The Balaban J connectivity index is 2.01. The summed E-state index contributed by atoms with van der Waals surface area (Å²) < 4.78 is 4.47. The van der Waals surface area contributed by atoms with Gasteiger partial charge in [-0.15, -0.1) is 11.8 Å². The summed E-state index contributed by atoms with van der Waals surface area (Å²) >= 11 is 6.94. The van der Waals surface area contributed by atoms with Gasteiger partial charge >= 0.3 is 5.97 Å². The molecule has 0 spiro atoms. The Morgan fingerprint density at radius 2 is 1.95 bits per heavy atom. The second kappa shape index (κ2) is 5.24. The van der Waals surface area contributed by atoms with Crippen LogP contribution in [0.2, 0.25) is 0 Å². The van der Waals surface area contributed by atoms with Crippen molar-refractivity contribution in [1.29, 1.82) is 0 Å². The minimum atomic E-state index is -0.572. The van der Waals surface area contributed by atoms with Crippen molar-refractivity contribution in [3.05, 3.63) is 30.3 Å². The highest BCUT2D eigenvalue weighted by molar-refractivity contribution is 8.02. The number of methoxy groups -OCH3 is 1. The molecular formula is C15H16N2O3S2. The van der Waals surface area contributed by atoms with Crippen molar-refractivity contribution >= 4 is 46.7 Å². The molecule has 5 nitrogen and oxygen atoms in total. The number of anilines is 1. The molecule has 1 aromatic carbocycles. The molecule has 0 radical (unpaired) electrons. The first-order valence-corrected chi connectivity index (χ1v) is 8.14. The number of esters is 1. The Morgan fingerprint density at radius 3 is 2.55 bits per heavy atom. The van der Waals surface area contributed by atoms with Gasteiger partial charge in [0.05, 0.1) is 12.8 Å². The molecule has 2 saturated heterocycles. The van der Waals surface area contributed by atoms with Gasteiger partial charge in [-0.25, -0.2) is 4.79 Å². The minimum absolute atomic E-state index is 0.110. The van der Waals surface area contributed by atoms with E-state index in [1.54, 1.807) is 4.90 Å². The number of carbonyl (C=O) groups excluding carboxylic acids is 2. The molecule has 2 heterocycles. The second-order valence-corrected chi connectivity index (χ2v) is 7.80. The number of thiocarbonyl (C=S) groups is 1. The number of hydrogen-bond donors (Lipinski definition) is 0. The zero-order valence-corrected chi connectivity index (χ0v) is 14.1. The summed E-state index contributed by atoms with van der Waals surface area (Å²) in [6.45, 7) is 3.86. The average Bonchev–Trinajstić information content (AvgIpc) is 2.90. The fourth-order valence-corrected chi connectivity index (χ4v) is 4.83. The number of nitrogens with zero attached hydrogens (tertiary/aromatic N) is 2. The summed E-state index contributed by atoms with van der Waals surface area (Å²) in [6, 6.07) is 8.67. The molecule has 0 aromatic heterocycles. The molecule has 22 heavy (non-hydrogen) atoms. The molecule has 116 valence electrons. The highest BCUT2D eigenvalue weighted by Gasteiger charge is 2.60. The molecule has 2 atom stereocenters. The van der Waals surface area contributed by atoms with Crippen molar-refractivity contribution in [3.8, 4) is 0 Å².